The third-order valence-corrected chi connectivity index (χ3v) is 5.21. The number of aromatic nitrogens is 5. The van der Waals surface area contributed by atoms with Crippen LogP contribution in [-0.4, -0.2) is 75.5 Å². The molecule has 4 heterocycles. The molecule has 1 fully saturated rings. The Morgan fingerprint density at radius 1 is 1.31 bits per heavy atom. The van der Waals surface area contributed by atoms with Crippen molar-refractivity contribution in [1.82, 2.24) is 35.4 Å². The van der Waals surface area contributed by atoms with Crippen molar-refractivity contribution in [1.29, 1.82) is 0 Å². The van der Waals surface area contributed by atoms with Crippen LogP contribution in [0.25, 0.3) is 33.2 Å². The van der Waals surface area contributed by atoms with Crippen LogP contribution in [0, 0.1) is 0 Å². The lowest BCUT2D eigenvalue weighted by Crippen LogP contribution is -2.50. The molecule has 0 unspecified atom stereocenters. The second kappa shape index (κ2) is 9.37. The summed E-state index contributed by atoms with van der Waals surface area (Å²) >= 11 is 0. The van der Waals surface area contributed by atoms with Gasteiger partial charge in [0.05, 0.1) is 36.1 Å². The van der Waals surface area contributed by atoms with E-state index < -0.39 is 0 Å². The first-order valence-electron chi connectivity index (χ1n) is 9.97. The molecule has 1 aliphatic heterocycles. The van der Waals surface area contributed by atoms with E-state index >= 15 is 0 Å². The molecule has 3 aromatic heterocycles. The molecule has 166 valence electrons. The van der Waals surface area contributed by atoms with Crippen LogP contribution in [0.4, 0.5) is 4.79 Å². The Balaban J connectivity index is 0.00000245. The average Bonchev–Trinajstić information content (AvgIpc) is 3.30. The van der Waals surface area contributed by atoms with Crippen LogP contribution in [0.15, 0.2) is 42.9 Å². The number of amides is 2. The Morgan fingerprint density at radius 2 is 2.19 bits per heavy atom. The van der Waals surface area contributed by atoms with E-state index in [0.29, 0.717) is 36.6 Å². The Kier molecular flexibility index (Phi) is 6.37. The van der Waals surface area contributed by atoms with Gasteiger partial charge in [-0.25, -0.2) is 14.8 Å². The lowest BCUT2D eigenvalue weighted by molar-refractivity contribution is -0.0354. The molecule has 5 rings (SSSR count). The minimum absolute atomic E-state index is 0. The summed E-state index contributed by atoms with van der Waals surface area (Å²) in [5.41, 5.74) is 3.87. The second-order valence-corrected chi connectivity index (χ2v) is 7.21. The highest BCUT2D eigenvalue weighted by atomic mass is 32.1. The van der Waals surface area contributed by atoms with Crippen molar-refractivity contribution in [2.24, 2.45) is 0 Å². The summed E-state index contributed by atoms with van der Waals surface area (Å²) in [5.74, 6) is 0.383. The van der Waals surface area contributed by atoms with Gasteiger partial charge in [0, 0.05) is 36.9 Å². The lowest BCUT2D eigenvalue weighted by atomic mass is 10.1. The average molecular weight is 454 g/mol. The van der Waals surface area contributed by atoms with Gasteiger partial charge in [-0.3, -0.25) is 10.1 Å². The standard InChI is InChI=1S/C21H21N7O3.H2S/c1-22-21(29)28-6-7-30-15(11-28)12-31-20-19-18(23-4-5-24-19)9-17(26-20)13-2-3-16-14(8-13)10-25-27-16;/h2-5,8-10,15H,6-7,11-12H2,1H3,(H,22,29)(H,25,27);1H2/t15-;/m0./s1. The van der Waals surface area contributed by atoms with E-state index in [2.05, 4.69) is 25.5 Å². The molecule has 0 radical (unpaired) electrons. The number of ether oxygens (including phenoxy) is 2. The number of fused-ring (bicyclic) bond motifs is 2. The topological polar surface area (TPSA) is 118 Å². The summed E-state index contributed by atoms with van der Waals surface area (Å²) in [7, 11) is 1.62. The Hall–Kier alpha value is -3.44. The number of H-pyrrole nitrogens is 1. The summed E-state index contributed by atoms with van der Waals surface area (Å²) in [6, 6.07) is 7.71. The van der Waals surface area contributed by atoms with Crippen LogP contribution >= 0.6 is 13.5 Å². The van der Waals surface area contributed by atoms with Gasteiger partial charge in [0.25, 0.3) is 0 Å². The predicted molar refractivity (Wildman–Crippen MR) is 124 cm³/mol. The minimum atomic E-state index is -0.259. The molecule has 4 aromatic rings. The molecule has 11 heteroatoms. The number of carbonyl (C=O) groups excluding carboxylic acids is 1. The van der Waals surface area contributed by atoms with Crippen molar-refractivity contribution in [2.45, 2.75) is 6.10 Å². The number of benzene rings is 1. The number of carbonyl (C=O) groups is 1. The zero-order valence-electron chi connectivity index (χ0n) is 17.4. The van der Waals surface area contributed by atoms with Crippen LogP contribution in [0.1, 0.15) is 0 Å². The van der Waals surface area contributed by atoms with E-state index in [1.165, 1.54) is 0 Å². The fraction of sp³-hybridized carbons (Fsp3) is 0.286. The Bertz CT molecular complexity index is 1250. The third kappa shape index (κ3) is 4.30. The number of nitrogens with one attached hydrogen (secondary N) is 2. The summed E-state index contributed by atoms with van der Waals surface area (Å²) in [5, 5.41) is 10.7. The van der Waals surface area contributed by atoms with Gasteiger partial charge in [0.1, 0.15) is 12.7 Å². The van der Waals surface area contributed by atoms with Gasteiger partial charge < -0.3 is 19.7 Å². The van der Waals surface area contributed by atoms with Crippen molar-refractivity contribution in [2.75, 3.05) is 33.4 Å². The third-order valence-electron chi connectivity index (χ3n) is 5.21. The van der Waals surface area contributed by atoms with E-state index in [4.69, 9.17) is 14.5 Å². The molecule has 1 aromatic carbocycles. The van der Waals surface area contributed by atoms with Gasteiger partial charge >= 0.3 is 6.03 Å². The van der Waals surface area contributed by atoms with Crippen molar-refractivity contribution in [3.63, 3.8) is 0 Å². The summed E-state index contributed by atoms with van der Waals surface area (Å²) in [4.78, 5) is 27.2. The number of hydrogen-bond donors (Lipinski definition) is 2. The van der Waals surface area contributed by atoms with Crippen LogP contribution < -0.4 is 10.1 Å². The van der Waals surface area contributed by atoms with Crippen LogP contribution in [0.5, 0.6) is 5.88 Å². The molecule has 0 spiro atoms. The maximum absolute atomic E-state index is 11.9. The molecule has 0 aliphatic carbocycles. The minimum Gasteiger partial charge on any atom is -0.473 e. The van der Waals surface area contributed by atoms with E-state index in [-0.39, 0.29) is 32.2 Å². The fourth-order valence-corrected chi connectivity index (χ4v) is 3.63. The Labute approximate surface area is 190 Å². The van der Waals surface area contributed by atoms with Gasteiger partial charge in [-0.2, -0.15) is 18.6 Å². The van der Waals surface area contributed by atoms with Gasteiger partial charge in [-0.05, 0) is 18.2 Å². The number of urea groups is 1. The smallest absolute Gasteiger partial charge is 0.317 e. The van der Waals surface area contributed by atoms with Crippen molar-refractivity contribution in [3.8, 4) is 17.1 Å². The van der Waals surface area contributed by atoms with Gasteiger partial charge in [0.2, 0.25) is 5.88 Å². The largest absolute Gasteiger partial charge is 0.473 e. The molecular formula is C21H23N7O3S. The molecule has 1 atom stereocenters. The highest BCUT2D eigenvalue weighted by Crippen LogP contribution is 2.28. The fourth-order valence-electron chi connectivity index (χ4n) is 3.63. The van der Waals surface area contributed by atoms with Gasteiger partial charge in [-0.1, -0.05) is 6.07 Å². The van der Waals surface area contributed by atoms with Crippen LogP contribution in [-0.2, 0) is 4.74 Å². The molecular weight excluding hydrogens is 430 g/mol. The number of rotatable bonds is 4. The predicted octanol–water partition coefficient (Wildman–Crippen LogP) is 2.10. The molecule has 2 amide bonds. The second-order valence-electron chi connectivity index (χ2n) is 7.21. The first-order chi connectivity index (χ1) is 15.2. The highest BCUT2D eigenvalue weighted by Gasteiger charge is 2.24. The zero-order valence-corrected chi connectivity index (χ0v) is 18.4. The summed E-state index contributed by atoms with van der Waals surface area (Å²) in [6.45, 7) is 1.70. The Morgan fingerprint density at radius 3 is 3.06 bits per heavy atom. The maximum Gasteiger partial charge on any atom is 0.317 e. The lowest BCUT2D eigenvalue weighted by Gasteiger charge is -2.32. The number of nitrogens with zero attached hydrogens (tertiary/aromatic N) is 5. The van der Waals surface area contributed by atoms with Crippen molar-refractivity contribution in [3.05, 3.63) is 42.9 Å². The van der Waals surface area contributed by atoms with Gasteiger partial charge in [0.15, 0.2) is 5.52 Å². The molecule has 0 saturated carbocycles. The number of morpholine rings is 1. The van der Waals surface area contributed by atoms with E-state index in [1.54, 1.807) is 30.5 Å². The molecule has 0 bridgehead atoms. The maximum atomic E-state index is 11.9. The zero-order chi connectivity index (χ0) is 21.2. The SMILES string of the molecule is CNC(=O)N1CCO[C@H](COc2nc(-c3ccc4[nH]ncc4c3)cc3nccnc23)C1.S. The van der Waals surface area contributed by atoms with E-state index in [9.17, 15) is 4.79 Å². The molecule has 1 saturated heterocycles. The van der Waals surface area contributed by atoms with Crippen LogP contribution in [0.2, 0.25) is 0 Å². The van der Waals surface area contributed by atoms with Crippen molar-refractivity contribution >= 4 is 41.5 Å². The summed E-state index contributed by atoms with van der Waals surface area (Å²) in [6.07, 6.45) is 4.76. The quantitative estimate of drug-likeness (QED) is 0.486. The summed E-state index contributed by atoms with van der Waals surface area (Å²) < 4.78 is 11.8. The molecule has 10 nitrogen and oxygen atoms in total. The molecule has 1 aliphatic rings. The van der Waals surface area contributed by atoms with E-state index in [1.807, 2.05) is 24.3 Å². The number of hydrogen-bond acceptors (Lipinski definition) is 7. The van der Waals surface area contributed by atoms with Crippen molar-refractivity contribution < 1.29 is 14.3 Å². The van der Waals surface area contributed by atoms with Gasteiger partial charge in [-0.15, -0.1) is 0 Å². The number of pyridine rings is 1. The monoisotopic (exact) mass is 453 g/mol. The first-order valence-corrected chi connectivity index (χ1v) is 9.97. The van der Waals surface area contributed by atoms with E-state index in [0.717, 1.165) is 22.2 Å². The molecule has 2 N–H and O–H groups in total. The highest BCUT2D eigenvalue weighted by molar-refractivity contribution is 7.59. The number of aromatic amines is 1. The van der Waals surface area contributed by atoms with Crippen LogP contribution in [0.3, 0.4) is 0 Å². The normalized spacial score (nSPS) is 16.0. The first kappa shape index (κ1) is 21.8. The molecule has 32 heavy (non-hydrogen) atoms.